The van der Waals surface area contributed by atoms with Gasteiger partial charge in [0.1, 0.15) is 0 Å². The SMILES string of the molecule is CC(C)(C)CCCCCCCCCCCCC[O]. The van der Waals surface area contributed by atoms with Gasteiger partial charge in [0.05, 0.1) is 6.61 Å². The highest BCUT2D eigenvalue weighted by Gasteiger charge is 2.08. The average molecular weight is 255 g/mol. The Bertz CT molecular complexity index is 157. The summed E-state index contributed by atoms with van der Waals surface area (Å²) in [6.45, 7) is 7.12. The van der Waals surface area contributed by atoms with Gasteiger partial charge in [-0.05, 0) is 18.3 Å². The van der Waals surface area contributed by atoms with E-state index in [9.17, 15) is 5.11 Å². The van der Waals surface area contributed by atoms with Crippen LogP contribution in [-0.4, -0.2) is 6.61 Å². The monoisotopic (exact) mass is 255 g/mol. The highest BCUT2D eigenvalue weighted by atomic mass is 16.2. The Morgan fingerprint density at radius 2 is 0.889 bits per heavy atom. The molecule has 0 saturated heterocycles. The zero-order valence-corrected chi connectivity index (χ0v) is 13.1. The van der Waals surface area contributed by atoms with Crippen molar-refractivity contribution in [3.8, 4) is 0 Å². The fourth-order valence-corrected chi connectivity index (χ4v) is 2.35. The lowest BCUT2D eigenvalue weighted by Gasteiger charge is -2.17. The molecule has 0 unspecified atom stereocenters. The largest absolute Gasteiger partial charge is 0.237 e. The topological polar surface area (TPSA) is 19.9 Å². The van der Waals surface area contributed by atoms with Crippen molar-refractivity contribution < 1.29 is 5.11 Å². The van der Waals surface area contributed by atoms with Crippen LogP contribution < -0.4 is 0 Å². The lowest BCUT2D eigenvalue weighted by molar-refractivity contribution is 0.186. The standard InChI is InChI=1S/C17H35O/c1-17(2,3)15-13-11-9-7-5-4-6-8-10-12-14-16-18/h4-16H2,1-3H3. The van der Waals surface area contributed by atoms with E-state index in [-0.39, 0.29) is 6.61 Å². The summed E-state index contributed by atoms with van der Waals surface area (Å²) in [5.74, 6) is 0. The van der Waals surface area contributed by atoms with Crippen LogP contribution >= 0.6 is 0 Å². The zero-order chi connectivity index (χ0) is 13.7. The summed E-state index contributed by atoms with van der Waals surface area (Å²) in [5, 5.41) is 10.3. The lowest BCUT2D eigenvalue weighted by atomic mass is 9.89. The Morgan fingerprint density at radius 1 is 0.556 bits per heavy atom. The maximum atomic E-state index is 10.3. The Kier molecular flexibility index (Phi) is 12.0. The first-order valence-corrected chi connectivity index (χ1v) is 8.14. The summed E-state index contributed by atoms with van der Waals surface area (Å²) in [6, 6.07) is 0. The molecule has 0 rings (SSSR count). The molecule has 0 amide bonds. The summed E-state index contributed by atoms with van der Waals surface area (Å²) in [6.07, 6.45) is 15.9. The molecule has 1 heteroatoms. The molecule has 0 heterocycles. The molecule has 0 N–H and O–H groups in total. The second-order valence-electron chi connectivity index (χ2n) is 6.90. The maximum absolute atomic E-state index is 10.3. The Hall–Kier alpha value is -0.0400. The Morgan fingerprint density at radius 3 is 1.22 bits per heavy atom. The van der Waals surface area contributed by atoms with Gasteiger partial charge in [0.15, 0.2) is 0 Å². The molecule has 109 valence electrons. The van der Waals surface area contributed by atoms with Crippen molar-refractivity contribution in [3.63, 3.8) is 0 Å². The highest BCUT2D eigenvalue weighted by molar-refractivity contribution is 4.61. The average Bonchev–Trinajstić information content (AvgIpc) is 2.29. The normalized spacial score (nSPS) is 12.0. The summed E-state index contributed by atoms with van der Waals surface area (Å²) in [7, 11) is 0. The molecule has 0 fully saturated rings. The fraction of sp³-hybridized carbons (Fsp3) is 1.00. The van der Waals surface area contributed by atoms with E-state index in [0.717, 1.165) is 12.8 Å². The van der Waals surface area contributed by atoms with Crippen molar-refractivity contribution >= 4 is 0 Å². The number of hydrogen-bond acceptors (Lipinski definition) is 0. The first-order valence-electron chi connectivity index (χ1n) is 8.14. The van der Waals surface area contributed by atoms with Gasteiger partial charge in [0.25, 0.3) is 0 Å². The molecule has 0 atom stereocenters. The molecule has 0 bridgehead atoms. The molecule has 1 nitrogen and oxygen atoms in total. The third kappa shape index (κ3) is 16.0. The van der Waals surface area contributed by atoms with Crippen LogP contribution in [0.25, 0.3) is 0 Å². The molecule has 0 saturated carbocycles. The molecule has 0 aromatic heterocycles. The quantitative estimate of drug-likeness (QED) is 0.373. The van der Waals surface area contributed by atoms with E-state index in [1.807, 2.05) is 0 Å². The molecular weight excluding hydrogens is 220 g/mol. The van der Waals surface area contributed by atoms with Crippen molar-refractivity contribution in [2.75, 3.05) is 6.61 Å². The molecule has 0 aliphatic heterocycles. The molecule has 1 radical (unpaired) electrons. The van der Waals surface area contributed by atoms with Crippen LogP contribution in [0.3, 0.4) is 0 Å². The molecule has 0 aliphatic carbocycles. The van der Waals surface area contributed by atoms with Crippen LogP contribution in [0.4, 0.5) is 0 Å². The van der Waals surface area contributed by atoms with E-state index in [1.165, 1.54) is 64.2 Å². The zero-order valence-electron chi connectivity index (χ0n) is 13.1. The third-order valence-corrected chi connectivity index (χ3v) is 3.57. The maximum Gasteiger partial charge on any atom is 0.0822 e. The van der Waals surface area contributed by atoms with Crippen LogP contribution in [0.5, 0.6) is 0 Å². The van der Waals surface area contributed by atoms with Gasteiger partial charge in [0, 0.05) is 0 Å². The highest BCUT2D eigenvalue weighted by Crippen LogP contribution is 2.22. The van der Waals surface area contributed by atoms with Crippen molar-refractivity contribution in [2.24, 2.45) is 5.41 Å². The van der Waals surface area contributed by atoms with Crippen molar-refractivity contribution in [1.82, 2.24) is 0 Å². The van der Waals surface area contributed by atoms with Crippen LogP contribution in [-0.2, 0) is 5.11 Å². The van der Waals surface area contributed by atoms with Gasteiger partial charge in [-0.3, -0.25) is 0 Å². The number of rotatable bonds is 12. The van der Waals surface area contributed by atoms with E-state index < -0.39 is 0 Å². The van der Waals surface area contributed by atoms with Gasteiger partial charge in [-0.15, -0.1) is 0 Å². The summed E-state index contributed by atoms with van der Waals surface area (Å²) >= 11 is 0. The van der Waals surface area contributed by atoms with Crippen LogP contribution in [0, 0.1) is 5.41 Å². The molecule has 0 aliphatic rings. The Labute approximate surface area is 115 Å². The summed E-state index contributed by atoms with van der Waals surface area (Å²) in [5.41, 5.74) is 0.518. The third-order valence-electron chi connectivity index (χ3n) is 3.57. The van der Waals surface area contributed by atoms with Crippen LogP contribution in [0.1, 0.15) is 97.8 Å². The fourth-order valence-electron chi connectivity index (χ4n) is 2.35. The van der Waals surface area contributed by atoms with Gasteiger partial charge in [-0.1, -0.05) is 85.0 Å². The summed E-state index contributed by atoms with van der Waals surface area (Å²) < 4.78 is 0. The molecule has 18 heavy (non-hydrogen) atoms. The molecular formula is C17H35O. The van der Waals surface area contributed by atoms with Crippen molar-refractivity contribution in [3.05, 3.63) is 0 Å². The Balaban J connectivity index is 2.99. The van der Waals surface area contributed by atoms with Gasteiger partial charge >= 0.3 is 0 Å². The predicted octanol–water partition coefficient (Wildman–Crippen LogP) is 6.14. The van der Waals surface area contributed by atoms with E-state index >= 15 is 0 Å². The van der Waals surface area contributed by atoms with E-state index in [0.29, 0.717) is 5.41 Å². The van der Waals surface area contributed by atoms with Crippen molar-refractivity contribution in [1.29, 1.82) is 0 Å². The lowest BCUT2D eigenvalue weighted by Crippen LogP contribution is -2.03. The smallest absolute Gasteiger partial charge is 0.0822 e. The number of hydrogen-bond donors (Lipinski definition) is 0. The first kappa shape index (κ1) is 18.0. The molecule has 0 aromatic carbocycles. The van der Waals surface area contributed by atoms with Crippen LogP contribution in [0.2, 0.25) is 0 Å². The second-order valence-corrected chi connectivity index (χ2v) is 6.90. The van der Waals surface area contributed by atoms with Gasteiger partial charge in [-0.2, -0.15) is 0 Å². The van der Waals surface area contributed by atoms with E-state index in [1.54, 1.807) is 0 Å². The van der Waals surface area contributed by atoms with Gasteiger partial charge < -0.3 is 0 Å². The molecule has 0 spiro atoms. The minimum atomic E-state index is 0.120. The van der Waals surface area contributed by atoms with E-state index in [4.69, 9.17) is 0 Å². The van der Waals surface area contributed by atoms with Gasteiger partial charge in [0.2, 0.25) is 0 Å². The first-order chi connectivity index (χ1) is 8.56. The molecule has 0 aromatic rings. The second kappa shape index (κ2) is 12.0. The van der Waals surface area contributed by atoms with Crippen LogP contribution in [0.15, 0.2) is 0 Å². The van der Waals surface area contributed by atoms with Gasteiger partial charge in [-0.25, -0.2) is 5.11 Å². The predicted molar refractivity (Wildman–Crippen MR) is 80.4 cm³/mol. The minimum absolute atomic E-state index is 0.120. The van der Waals surface area contributed by atoms with Crippen molar-refractivity contribution in [2.45, 2.75) is 97.8 Å². The number of unbranched alkanes of at least 4 members (excludes halogenated alkanes) is 10. The summed E-state index contributed by atoms with van der Waals surface area (Å²) in [4.78, 5) is 0. The minimum Gasteiger partial charge on any atom is -0.237 e. The van der Waals surface area contributed by atoms with E-state index in [2.05, 4.69) is 20.8 Å².